The van der Waals surface area contributed by atoms with Crippen LogP contribution in [0.25, 0.3) is 0 Å². The summed E-state index contributed by atoms with van der Waals surface area (Å²) in [6.07, 6.45) is 17.6. The van der Waals surface area contributed by atoms with Gasteiger partial charge in [0, 0.05) is 0 Å². The number of benzene rings is 1. The van der Waals surface area contributed by atoms with Crippen LogP contribution >= 0.6 is 0 Å². The fraction of sp³-hybridized carbons (Fsp3) is 0.633. The number of fused-ring (bicyclic) bond motifs is 1. The molecular weight excluding hydrogens is 495 g/mol. The summed E-state index contributed by atoms with van der Waals surface area (Å²) < 4.78 is 7.35. The van der Waals surface area contributed by atoms with Crippen molar-refractivity contribution in [3.05, 3.63) is 56.7 Å². The summed E-state index contributed by atoms with van der Waals surface area (Å²) in [6.45, 7) is 7.06. The fourth-order valence-corrected chi connectivity index (χ4v) is 21.3. The number of ketones is 1. The molecule has 2 aliphatic rings. The maximum absolute atomic E-state index is 13.8. The van der Waals surface area contributed by atoms with Crippen LogP contribution in [0.2, 0.25) is 13.3 Å². The summed E-state index contributed by atoms with van der Waals surface area (Å²) in [5.74, 6) is 0.515. The zero-order valence-electron chi connectivity index (χ0n) is 21.1. The maximum atomic E-state index is 13.8. The van der Waals surface area contributed by atoms with Crippen LogP contribution in [0.5, 0.6) is 0 Å². The average molecular weight is 541 g/mol. The van der Waals surface area contributed by atoms with Gasteiger partial charge in [0.2, 0.25) is 0 Å². The Bertz CT molecular complexity index is 781. The standard InChI is InChI=1S/C18H19O.3C4H9.Sn/c1-13(14-7-3-2-4-8-14)16-12-11-15-9-5-6-10-17(15)18(16)19;3*1-3-4-2;/h1,5-7,9-10,16H,2-4,8,11-12H2;3*1,3-4H2,2H3;. The number of hydrogen-bond donors (Lipinski definition) is 0. The molecule has 2 aliphatic carbocycles. The molecule has 1 aromatic carbocycles. The topological polar surface area (TPSA) is 17.1 Å². The third-order valence-corrected chi connectivity index (χ3v) is 22.1. The van der Waals surface area contributed by atoms with Crippen molar-refractivity contribution in [2.45, 2.75) is 111 Å². The van der Waals surface area contributed by atoms with Crippen molar-refractivity contribution >= 4 is 24.2 Å². The van der Waals surface area contributed by atoms with E-state index in [-0.39, 0.29) is 5.92 Å². The number of Topliss-reactive ketones (excluding diaryl/α,β-unsaturated/α-hetero) is 1. The van der Waals surface area contributed by atoms with Gasteiger partial charge in [0.15, 0.2) is 0 Å². The predicted molar refractivity (Wildman–Crippen MR) is 142 cm³/mol. The first-order valence-corrected chi connectivity index (χ1v) is 21.4. The van der Waals surface area contributed by atoms with E-state index in [2.05, 4.69) is 55.2 Å². The third kappa shape index (κ3) is 6.61. The molecular formula is C30H46OSn. The van der Waals surface area contributed by atoms with Gasteiger partial charge in [-0.2, -0.15) is 0 Å². The number of carbonyl (C=O) groups is 1. The molecule has 0 aliphatic heterocycles. The predicted octanol–water partition coefficient (Wildman–Crippen LogP) is 9.25. The first-order chi connectivity index (χ1) is 15.6. The zero-order valence-corrected chi connectivity index (χ0v) is 23.9. The Morgan fingerprint density at radius 3 is 2.19 bits per heavy atom. The van der Waals surface area contributed by atoms with Gasteiger partial charge in [-0.15, -0.1) is 0 Å². The molecule has 0 N–H and O–H groups in total. The molecule has 0 radical (unpaired) electrons. The van der Waals surface area contributed by atoms with Crippen molar-refractivity contribution in [3.8, 4) is 0 Å². The van der Waals surface area contributed by atoms with Gasteiger partial charge in [-0.05, 0) is 0 Å². The van der Waals surface area contributed by atoms with Crippen LogP contribution < -0.4 is 0 Å². The molecule has 2 heteroatoms. The van der Waals surface area contributed by atoms with Gasteiger partial charge in [-0.3, -0.25) is 0 Å². The second kappa shape index (κ2) is 13.2. The van der Waals surface area contributed by atoms with E-state index in [9.17, 15) is 4.79 Å². The molecule has 1 nitrogen and oxygen atoms in total. The van der Waals surface area contributed by atoms with E-state index in [1.807, 2.05) is 0 Å². The van der Waals surface area contributed by atoms with E-state index in [4.69, 9.17) is 0 Å². The molecule has 0 amide bonds. The first-order valence-electron chi connectivity index (χ1n) is 13.7. The van der Waals surface area contributed by atoms with Crippen LogP contribution in [0.1, 0.15) is 107 Å². The van der Waals surface area contributed by atoms with Gasteiger partial charge < -0.3 is 0 Å². The fourth-order valence-electron chi connectivity index (χ4n) is 5.92. The molecule has 0 fully saturated rings. The van der Waals surface area contributed by atoms with Crippen molar-refractivity contribution in [1.82, 2.24) is 0 Å². The van der Waals surface area contributed by atoms with Gasteiger partial charge in [-0.1, -0.05) is 0 Å². The van der Waals surface area contributed by atoms with E-state index >= 15 is 0 Å². The van der Waals surface area contributed by atoms with E-state index < -0.39 is 18.4 Å². The summed E-state index contributed by atoms with van der Waals surface area (Å²) >= 11 is -2.50. The Kier molecular flexibility index (Phi) is 10.6. The van der Waals surface area contributed by atoms with Crippen LogP contribution in [0.15, 0.2) is 45.6 Å². The minimum absolute atomic E-state index is 0.107. The molecule has 3 rings (SSSR count). The van der Waals surface area contributed by atoms with E-state index in [1.54, 1.807) is 5.57 Å². The van der Waals surface area contributed by atoms with Crippen LogP contribution in [0.3, 0.4) is 0 Å². The Morgan fingerprint density at radius 1 is 0.938 bits per heavy atom. The van der Waals surface area contributed by atoms with Crippen LogP contribution in [0.4, 0.5) is 0 Å². The van der Waals surface area contributed by atoms with Gasteiger partial charge in [0.1, 0.15) is 0 Å². The van der Waals surface area contributed by atoms with Crippen LogP contribution in [-0.2, 0) is 6.42 Å². The molecule has 32 heavy (non-hydrogen) atoms. The summed E-state index contributed by atoms with van der Waals surface area (Å²) in [4.78, 5) is 13.8. The van der Waals surface area contributed by atoms with Crippen molar-refractivity contribution in [1.29, 1.82) is 0 Å². The molecule has 1 atom stereocenters. The average Bonchev–Trinajstić information content (AvgIpc) is 2.84. The number of rotatable bonds is 12. The monoisotopic (exact) mass is 542 g/mol. The van der Waals surface area contributed by atoms with Crippen molar-refractivity contribution in [2.75, 3.05) is 0 Å². The van der Waals surface area contributed by atoms with Crippen molar-refractivity contribution in [2.24, 2.45) is 5.92 Å². The summed E-state index contributed by atoms with van der Waals surface area (Å²) in [6, 6.07) is 8.39. The van der Waals surface area contributed by atoms with Gasteiger partial charge in [-0.25, -0.2) is 0 Å². The molecule has 0 aromatic heterocycles. The van der Waals surface area contributed by atoms with E-state index in [0.717, 1.165) is 18.4 Å². The quantitative estimate of drug-likeness (QED) is 0.241. The number of aryl methyl sites for hydroxylation is 1. The van der Waals surface area contributed by atoms with E-state index in [0.29, 0.717) is 5.78 Å². The number of hydrogen-bond acceptors (Lipinski definition) is 1. The Labute approximate surface area is 202 Å². The summed E-state index contributed by atoms with van der Waals surface area (Å²) in [5.41, 5.74) is 5.34. The zero-order chi connectivity index (χ0) is 22.8. The number of unbranched alkanes of at least 4 members (excludes halogenated alkanes) is 3. The molecule has 0 saturated carbocycles. The number of carbonyl (C=O) groups excluding carboxylic acids is 1. The Balaban J connectivity index is 2.05. The molecule has 0 heterocycles. The molecule has 0 bridgehead atoms. The van der Waals surface area contributed by atoms with Gasteiger partial charge in [0.05, 0.1) is 0 Å². The first kappa shape index (κ1) is 25.8. The van der Waals surface area contributed by atoms with Crippen molar-refractivity contribution in [3.63, 3.8) is 0 Å². The normalized spacial score (nSPS) is 19.6. The Morgan fingerprint density at radius 2 is 1.59 bits per heavy atom. The molecule has 1 unspecified atom stereocenters. The number of allylic oxidation sites excluding steroid dienone is 3. The van der Waals surface area contributed by atoms with Gasteiger partial charge >= 0.3 is 203 Å². The second-order valence-corrected chi connectivity index (χ2v) is 23.2. The minimum atomic E-state index is -2.50. The van der Waals surface area contributed by atoms with Crippen LogP contribution in [-0.4, -0.2) is 24.2 Å². The summed E-state index contributed by atoms with van der Waals surface area (Å²) in [7, 11) is 0. The van der Waals surface area contributed by atoms with Crippen LogP contribution in [0, 0.1) is 5.92 Å². The third-order valence-electron chi connectivity index (χ3n) is 7.89. The Hall–Kier alpha value is -0.831. The molecule has 0 spiro atoms. The van der Waals surface area contributed by atoms with Crippen molar-refractivity contribution < 1.29 is 4.79 Å². The molecule has 176 valence electrons. The SMILES string of the molecule is CCC[CH2][Sn](/[CH]=C(\C1=CCCCC1)C1CCc2ccccc2C1=O)([CH2]CCC)[CH2]CCC. The molecule has 0 saturated heterocycles. The van der Waals surface area contributed by atoms with Gasteiger partial charge in [0.25, 0.3) is 0 Å². The molecule has 1 aromatic rings. The summed E-state index contributed by atoms with van der Waals surface area (Å²) in [5, 5.41) is 0. The van der Waals surface area contributed by atoms with E-state index in [1.165, 1.54) is 88.7 Å². The second-order valence-electron chi connectivity index (χ2n) is 10.4.